The number of ether oxygens (including phenoxy) is 1. The van der Waals surface area contributed by atoms with Gasteiger partial charge in [-0.2, -0.15) is 23.4 Å². The Bertz CT molecular complexity index is 1290. The molecular formula is C20H13F5N6O2. The number of hydrogen-bond acceptors (Lipinski definition) is 5. The summed E-state index contributed by atoms with van der Waals surface area (Å²) in [6.07, 6.45) is -1.48. The van der Waals surface area contributed by atoms with Crippen LogP contribution in [0.5, 0.6) is 11.5 Å². The van der Waals surface area contributed by atoms with Crippen molar-refractivity contribution in [2.24, 2.45) is 0 Å². The van der Waals surface area contributed by atoms with Gasteiger partial charge in [0.1, 0.15) is 11.4 Å². The Morgan fingerprint density at radius 1 is 1.12 bits per heavy atom. The first-order valence-electron chi connectivity index (χ1n) is 9.24. The molecule has 1 aromatic carbocycles. The topological polar surface area (TPSA) is 105 Å². The average molecular weight is 464 g/mol. The van der Waals surface area contributed by atoms with Crippen LogP contribution in [-0.4, -0.2) is 26.2 Å². The molecule has 0 fully saturated rings. The van der Waals surface area contributed by atoms with Crippen molar-refractivity contribution >= 4 is 22.8 Å². The lowest BCUT2D eigenvalue weighted by atomic mass is 10.2. The van der Waals surface area contributed by atoms with Gasteiger partial charge in [0.05, 0.1) is 23.2 Å². The molecule has 2 amide bonds. The number of carbonyl (C=O) groups is 1. The number of aromatic amines is 1. The molecule has 0 saturated carbocycles. The van der Waals surface area contributed by atoms with Gasteiger partial charge in [0.2, 0.25) is 0 Å². The molecule has 0 aliphatic rings. The molecule has 0 atom stereocenters. The minimum atomic E-state index is -4.75. The van der Waals surface area contributed by atoms with Gasteiger partial charge in [0, 0.05) is 36.4 Å². The van der Waals surface area contributed by atoms with Crippen LogP contribution in [0.25, 0.3) is 11.0 Å². The number of rotatable bonds is 5. The zero-order chi connectivity index (χ0) is 23.6. The smallest absolute Gasteiger partial charge is 0.418 e. The summed E-state index contributed by atoms with van der Waals surface area (Å²) in [4.78, 5) is 18.1. The van der Waals surface area contributed by atoms with Crippen molar-refractivity contribution in [2.45, 2.75) is 12.7 Å². The first-order valence-corrected chi connectivity index (χ1v) is 9.24. The van der Waals surface area contributed by atoms with E-state index in [4.69, 9.17) is 4.74 Å². The third-order valence-electron chi connectivity index (χ3n) is 4.37. The van der Waals surface area contributed by atoms with Crippen LogP contribution in [0.2, 0.25) is 0 Å². The van der Waals surface area contributed by atoms with Crippen LogP contribution in [0.3, 0.4) is 0 Å². The number of carbonyl (C=O) groups excluding carboxylic acids is 1. The van der Waals surface area contributed by atoms with Crippen molar-refractivity contribution in [3.05, 3.63) is 71.8 Å². The molecule has 3 aromatic heterocycles. The van der Waals surface area contributed by atoms with Crippen molar-refractivity contribution < 1.29 is 31.5 Å². The Morgan fingerprint density at radius 3 is 2.55 bits per heavy atom. The minimum absolute atomic E-state index is 0.0159. The summed E-state index contributed by atoms with van der Waals surface area (Å²) >= 11 is 0. The number of amides is 2. The summed E-state index contributed by atoms with van der Waals surface area (Å²) in [5.74, 6) is -3.88. The number of H-pyrrole nitrogens is 1. The van der Waals surface area contributed by atoms with E-state index < -0.39 is 46.3 Å². The zero-order valence-electron chi connectivity index (χ0n) is 16.4. The van der Waals surface area contributed by atoms with Crippen LogP contribution in [0.1, 0.15) is 11.3 Å². The molecule has 13 heteroatoms. The normalized spacial score (nSPS) is 11.4. The number of aromatic nitrogens is 4. The summed E-state index contributed by atoms with van der Waals surface area (Å²) in [7, 11) is 0. The number of benzene rings is 1. The van der Waals surface area contributed by atoms with Gasteiger partial charge in [-0.15, -0.1) is 0 Å². The fourth-order valence-corrected chi connectivity index (χ4v) is 2.95. The SMILES string of the molecule is O=C(NCc1cccnn1)Nc1cc(F)c(Oc2ccnc3[nH]cc(C(F)(F)F)c23)c(F)c1. The molecule has 0 spiro atoms. The molecule has 4 aromatic rings. The highest BCUT2D eigenvalue weighted by atomic mass is 19.4. The van der Waals surface area contributed by atoms with E-state index in [-0.39, 0.29) is 17.9 Å². The molecule has 0 aliphatic heterocycles. The molecule has 33 heavy (non-hydrogen) atoms. The third kappa shape index (κ3) is 4.81. The summed E-state index contributed by atoms with van der Waals surface area (Å²) in [6, 6.07) is 5.04. The van der Waals surface area contributed by atoms with E-state index in [1.165, 1.54) is 6.20 Å². The number of halogens is 5. The van der Waals surface area contributed by atoms with Crippen LogP contribution in [0.15, 0.2) is 48.9 Å². The minimum Gasteiger partial charge on any atom is -0.450 e. The maximum atomic E-state index is 14.6. The Morgan fingerprint density at radius 2 is 1.88 bits per heavy atom. The van der Waals surface area contributed by atoms with Crippen molar-refractivity contribution in [3.63, 3.8) is 0 Å². The van der Waals surface area contributed by atoms with Gasteiger partial charge in [0.15, 0.2) is 17.4 Å². The molecule has 0 unspecified atom stereocenters. The Balaban J connectivity index is 1.54. The molecule has 170 valence electrons. The number of urea groups is 1. The lowest BCUT2D eigenvalue weighted by molar-refractivity contribution is -0.136. The molecule has 0 saturated heterocycles. The fourth-order valence-electron chi connectivity index (χ4n) is 2.95. The molecular weight excluding hydrogens is 451 g/mol. The summed E-state index contributed by atoms with van der Waals surface area (Å²) < 4.78 is 74.1. The van der Waals surface area contributed by atoms with E-state index in [0.717, 1.165) is 24.4 Å². The number of pyridine rings is 1. The van der Waals surface area contributed by atoms with Gasteiger partial charge in [-0.25, -0.2) is 18.6 Å². The third-order valence-corrected chi connectivity index (χ3v) is 4.37. The molecule has 4 rings (SSSR count). The Labute approximate surface area is 181 Å². The van der Waals surface area contributed by atoms with Crippen LogP contribution in [-0.2, 0) is 12.7 Å². The van der Waals surface area contributed by atoms with Crippen molar-refractivity contribution in [1.82, 2.24) is 25.5 Å². The van der Waals surface area contributed by atoms with E-state index in [1.54, 1.807) is 12.1 Å². The number of nitrogens with one attached hydrogen (secondary N) is 3. The van der Waals surface area contributed by atoms with Crippen LogP contribution in [0.4, 0.5) is 32.4 Å². The van der Waals surface area contributed by atoms with Gasteiger partial charge in [0.25, 0.3) is 0 Å². The second kappa shape index (κ2) is 8.68. The molecule has 0 aliphatic carbocycles. The standard InChI is InChI=1S/C20H13F5N6O2/c21-13-6-11(30-19(32)28-8-10-2-1-4-29-31-10)7-14(22)17(13)33-15-3-5-26-18-16(15)12(9-27-18)20(23,24)25/h1-7,9H,8H2,(H,26,27)(H2,28,30,32). The van der Waals surface area contributed by atoms with Crippen LogP contribution in [0, 0.1) is 11.6 Å². The van der Waals surface area contributed by atoms with Crippen molar-refractivity contribution in [1.29, 1.82) is 0 Å². The zero-order valence-corrected chi connectivity index (χ0v) is 16.4. The van der Waals surface area contributed by atoms with E-state index in [1.807, 2.05) is 0 Å². The van der Waals surface area contributed by atoms with Crippen LogP contribution < -0.4 is 15.4 Å². The number of nitrogens with zero attached hydrogens (tertiary/aromatic N) is 3. The van der Waals surface area contributed by atoms with Gasteiger partial charge < -0.3 is 20.4 Å². The summed E-state index contributed by atoms with van der Waals surface area (Å²) in [6.45, 7) is 0.0159. The Kier molecular flexibility index (Phi) is 5.77. The second-order valence-corrected chi connectivity index (χ2v) is 6.63. The highest BCUT2D eigenvalue weighted by Gasteiger charge is 2.35. The lowest BCUT2D eigenvalue weighted by Gasteiger charge is -2.13. The highest BCUT2D eigenvalue weighted by Crippen LogP contribution is 2.40. The summed E-state index contributed by atoms with van der Waals surface area (Å²) in [5, 5.41) is 11.6. The first-order chi connectivity index (χ1) is 15.7. The predicted molar refractivity (Wildman–Crippen MR) is 105 cm³/mol. The van der Waals surface area contributed by atoms with E-state index >= 15 is 0 Å². The maximum Gasteiger partial charge on any atom is 0.418 e. The number of alkyl halides is 3. The van der Waals surface area contributed by atoms with Crippen LogP contribution >= 0.6 is 0 Å². The predicted octanol–water partition coefficient (Wildman–Crippen LogP) is 4.76. The van der Waals surface area contributed by atoms with E-state index in [2.05, 4.69) is 30.8 Å². The van der Waals surface area contributed by atoms with Crippen molar-refractivity contribution in [3.8, 4) is 11.5 Å². The Hall–Kier alpha value is -4.29. The van der Waals surface area contributed by atoms with Crippen molar-refractivity contribution in [2.75, 3.05) is 5.32 Å². The monoisotopic (exact) mass is 464 g/mol. The first kappa shape index (κ1) is 21.9. The lowest BCUT2D eigenvalue weighted by Crippen LogP contribution is -2.28. The maximum absolute atomic E-state index is 14.6. The quantitative estimate of drug-likeness (QED) is 0.370. The van der Waals surface area contributed by atoms with E-state index in [0.29, 0.717) is 11.9 Å². The van der Waals surface area contributed by atoms with Gasteiger partial charge in [-0.1, -0.05) is 0 Å². The molecule has 0 bridgehead atoms. The number of hydrogen-bond donors (Lipinski definition) is 3. The van der Waals surface area contributed by atoms with Gasteiger partial charge in [-0.3, -0.25) is 0 Å². The average Bonchev–Trinajstić information content (AvgIpc) is 3.21. The fraction of sp³-hybridized carbons (Fsp3) is 0.100. The highest BCUT2D eigenvalue weighted by molar-refractivity contribution is 5.89. The molecule has 0 radical (unpaired) electrons. The number of fused-ring (bicyclic) bond motifs is 1. The molecule has 3 heterocycles. The second-order valence-electron chi connectivity index (χ2n) is 6.63. The van der Waals surface area contributed by atoms with E-state index in [9.17, 15) is 26.7 Å². The van der Waals surface area contributed by atoms with Gasteiger partial charge in [-0.05, 0) is 18.2 Å². The molecule has 3 N–H and O–H groups in total. The number of anilines is 1. The van der Waals surface area contributed by atoms with Gasteiger partial charge >= 0.3 is 12.2 Å². The largest absolute Gasteiger partial charge is 0.450 e. The summed E-state index contributed by atoms with van der Waals surface area (Å²) in [5.41, 5.74) is -1.05. The molecule has 8 nitrogen and oxygen atoms in total.